The molecule has 2 aromatic carbocycles. The maximum atomic E-state index is 14.2. The Balaban J connectivity index is 1.49. The van der Waals surface area contributed by atoms with Crippen LogP contribution in [0.5, 0.6) is 0 Å². The van der Waals surface area contributed by atoms with Crippen molar-refractivity contribution < 1.29 is 4.79 Å². The highest BCUT2D eigenvalue weighted by Gasteiger charge is 2.23. The number of nitrogens with two attached hydrogens (primary N) is 1. The molecular weight excluding hydrogens is 516 g/mol. The van der Waals surface area contributed by atoms with E-state index < -0.39 is 11.9 Å². The molecule has 10 heteroatoms. The van der Waals surface area contributed by atoms with Gasteiger partial charge in [0.15, 0.2) is 5.65 Å². The minimum Gasteiger partial charge on any atom is -0.383 e. The Morgan fingerprint density at radius 1 is 1.05 bits per heavy atom. The van der Waals surface area contributed by atoms with Gasteiger partial charge in [0.05, 0.1) is 28.9 Å². The van der Waals surface area contributed by atoms with Crippen LogP contribution in [-0.2, 0) is 7.05 Å². The summed E-state index contributed by atoms with van der Waals surface area (Å²) in [5, 5.41) is 8.45. The van der Waals surface area contributed by atoms with E-state index in [-0.39, 0.29) is 16.9 Å². The van der Waals surface area contributed by atoms with Crippen molar-refractivity contribution in [2.24, 2.45) is 7.05 Å². The summed E-state index contributed by atoms with van der Waals surface area (Å²) in [5.74, 6) is 5.97. The van der Waals surface area contributed by atoms with Gasteiger partial charge in [-0.15, -0.1) is 0 Å². The number of anilines is 1. The third-order valence-corrected chi connectivity index (χ3v) is 7.14. The van der Waals surface area contributed by atoms with E-state index in [9.17, 15) is 9.59 Å². The van der Waals surface area contributed by atoms with Crippen LogP contribution in [0.1, 0.15) is 45.8 Å². The fourth-order valence-electron chi connectivity index (χ4n) is 4.87. The smallest absolute Gasteiger partial charge is 0.264 e. The van der Waals surface area contributed by atoms with Crippen LogP contribution in [0.15, 0.2) is 84.3 Å². The Hall–Kier alpha value is -5.69. The van der Waals surface area contributed by atoms with Gasteiger partial charge in [-0.05, 0) is 43.5 Å². The Labute approximate surface area is 235 Å². The van der Waals surface area contributed by atoms with Crippen molar-refractivity contribution in [2.75, 3.05) is 5.73 Å². The van der Waals surface area contributed by atoms with Crippen LogP contribution < -0.4 is 16.6 Å². The molecule has 4 heterocycles. The van der Waals surface area contributed by atoms with Gasteiger partial charge in [-0.3, -0.25) is 23.2 Å². The summed E-state index contributed by atoms with van der Waals surface area (Å²) in [5.41, 5.74) is 10.00. The van der Waals surface area contributed by atoms with Crippen LogP contribution in [-0.4, -0.2) is 34.6 Å². The average Bonchev–Trinajstić information content (AvgIpc) is 3.57. The summed E-state index contributed by atoms with van der Waals surface area (Å²) in [6, 6.07) is 16.2. The molecule has 0 aliphatic carbocycles. The third kappa shape index (κ3) is 4.49. The van der Waals surface area contributed by atoms with Crippen molar-refractivity contribution in [1.29, 1.82) is 0 Å². The number of benzene rings is 2. The molecule has 0 bridgehead atoms. The van der Waals surface area contributed by atoms with Gasteiger partial charge < -0.3 is 11.1 Å². The first-order valence-corrected chi connectivity index (χ1v) is 13.0. The highest BCUT2D eigenvalue weighted by molar-refractivity contribution is 6.04. The van der Waals surface area contributed by atoms with E-state index in [2.05, 4.69) is 32.2 Å². The number of hydrogen-bond acceptors (Lipinski definition) is 6. The Morgan fingerprint density at radius 2 is 1.83 bits per heavy atom. The van der Waals surface area contributed by atoms with E-state index in [1.54, 1.807) is 32.2 Å². The number of carbonyl (C=O) groups is 1. The zero-order chi connectivity index (χ0) is 28.7. The second kappa shape index (κ2) is 10.1. The first-order chi connectivity index (χ1) is 19.8. The lowest BCUT2D eigenvalue weighted by atomic mass is 10.0. The molecule has 6 rings (SSSR count). The van der Waals surface area contributed by atoms with Gasteiger partial charge in [0.2, 0.25) is 0 Å². The van der Waals surface area contributed by atoms with Crippen molar-refractivity contribution in [2.45, 2.75) is 19.9 Å². The summed E-state index contributed by atoms with van der Waals surface area (Å²) in [4.78, 5) is 36.1. The highest BCUT2D eigenvalue weighted by Crippen LogP contribution is 2.24. The Kier molecular flexibility index (Phi) is 6.32. The summed E-state index contributed by atoms with van der Waals surface area (Å²) >= 11 is 0. The molecule has 4 aromatic heterocycles. The molecule has 0 saturated carbocycles. The molecule has 10 nitrogen and oxygen atoms in total. The number of carbonyl (C=O) groups excluding carboxylic acids is 1. The van der Waals surface area contributed by atoms with E-state index >= 15 is 0 Å². The molecule has 0 radical (unpaired) electrons. The molecule has 0 spiro atoms. The topological polar surface area (TPSA) is 125 Å². The number of amides is 1. The first-order valence-electron chi connectivity index (χ1n) is 13.0. The van der Waals surface area contributed by atoms with Crippen LogP contribution in [0.3, 0.4) is 0 Å². The number of aryl methyl sites for hydroxylation is 1. The fourth-order valence-corrected chi connectivity index (χ4v) is 4.87. The second-order valence-electron chi connectivity index (χ2n) is 9.69. The summed E-state index contributed by atoms with van der Waals surface area (Å²) in [6.07, 6.45) is 6.48. The van der Waals surface area contributed by atoms with Gasteiger partial charge in [-0.2, -0.15) is 5.10 Å². The minimum atomic E-state index is -0.581. The average molecular weight is 543 g/mol. The normalized spacial score (nSPS) is 11.8. The van der Waals surface area contributed by atoms with Gasteiger partial charge >= 0.3 is 0 Å². The van der Waals surface area contributed by atoms with Crippen molar-refractivity contribution in [1.82, 2.24) is 34.0 Å². The monoisotopic (exact) mass is 542 g/mol. The SMILES string of the molecule is Cc1c(C#Cc2cccc3cc([C@H](C)NC(=O)c4c(N)ncn5ccnc45)n(-c4ccccc4)c(=O)c23)cnn1C. The van der Waals surface area contributed by atoms with Gasteiger partial charge in [0, 0.05) is 36.4 Å². The lowest BCUT2D eigenvalue weighted by molar-refractivity contribution is 0.0940. The maximum absolute atomic E-state index is 14.2. The van der Waals surface area contributed by atoms with Gasteiger partial charge in [0.1, 0.15) is 17.7 Å². The van der Waals surface area contributed by atoms with Gasteiger partial charge in [-0.25, -0.2) is 9.97 Å². The number of nitrogen functional groups attached to an aromatic ring is 1. The molecule has 0 aliphatic heterocycles. The molecule has 3 N–H and O–H groups in total. The molecule has 1 atom stereocenters. The van der Waals surface area contributed by atoms with Crippen LogP contribution >= 0.6 is 0 Å². The highest BCUT2D eigenvalue weighted by atomic mass is 16.2. The van der Waals surface area contributed by atoms with E-state index in [1.165, 1.54) is 6.33 Å². The van der Waals surface area contributed by atoms with Crippen molar-refractivity contribution in [3.63, 3.8) is 0 Å². The number of pyridine rings is 1. The lowest BCUT2D eigenvalue weighted by Crippen LogP contribution is -2.33. The molecular formula is C31H26N8O2. The quantitative estimate of drug-likeness (QED) is 0.328. The molecule has 41 heavy (non-hydrogen) atoms. The molecule has 0 unspecified atom stereocenters. The lowest BCUT2D eigenvalue weighted by Gasteiger charge is -2.21. The summed E-state index contributed by atoms with van der Waals surface area (Å²) < 4.78 is 5.00. The number of hydrogen-bond donors (Lipinski definition) is 2. The Morgan fingerprint density at radius 3 is 2.59 bits per heavy atom. The standard InChI is InChI=1S/C31H26N8O2/c1-19(36-30(40)27-28(32)34-18-38-15-14-33-29(27)38)25-16-22-9-7-8-21(12-13-23-17-35-37(3)20(23)2)26(22)31(41)39(25)24-10-5-4-6-11-24/h4-11,14-19H,32H2,1-3H3,(H,36,40)/t19-/m0/s1. The van der Waals surface area contributed by atoms with Gasteiger partial charge in [0.25, 0.3) is 11.5 Å². The summed E-state index contributed by atoms with van der Waals surface area (Å²) in [7, 11) is 1.86. The molecule has 0 fully saturated rings. The second-order valence-corrected chi connectivity index (χ2v) is 9.69. The van der Waals surface area contributed by atoms with E-state index in [0.717, 1.165) is 11.3 Å². The number of nitrogens with one attached hydrogen (secondary N) is 1. The largest absolute Gasteiger partial charge is 0.383 e. The van der Waals surface area contributed by atoms with Crippen molar-refractivity contribution in [3.05, 3.63) is 118 Å². The van der Waals surface area contributed by atoms with E-state index in [4.69, 9.17) is 5.73 Å². The predicted molar refractivity (Wildman–Crippen MR) is 157 cm³/mol. The van der Waals surface area contributed by atoms with E-state index in [1.807, 2.05) is 75.5 Å². The van der Waals surface area contributed by atoms with Crippen LogP contribution in [0, 0.1) is 18.8 Å². The van der Waals surface area contributed by atoms with Crippen molar-refractivity contribution in [3.8, 4) is 17.5 Å². The maximum Gasteiger partial charge on any atom is 0.264 e. The Bertz CT molecular complexity index is 2080. The predicted octanol–water partition coefficient (Wildman–Crippen LogP) is 3.55. The number of fused-ring (bicyclic) bond motifs is 2. The molecule has 1 amide bonds. The molecule has 6 aromatic rings. The van der Waals surface area contributed by atoms with Gasteiger partial charge in [-0.1, -0.05) is 42.2 Å². The first kappa shape index (κ1) is 25.6. The van der Waals surface area contributed by atoms with E-state index in [0.29, 0.717) is 33.4 Å². The number of rotatable bonds is 4. The fraction of sp³-hybridized carbons (Fsp3) is 0.129. The molecule has 0 saturated heterocycles. The third-order valence-electron chi connectivity index (χ3n) is 7.14. The van der Waals surface area contributed by atoms with Crippen LogP contribution in [0.25, 0.3) is 22.1 Å². The number of para-hydroxylation sites is 1. The van der Waals surface area contributed by atoms with Crippen LogP contribution in [0.2, 0.25) is 0 Å². The number of nitrogens with zero attached hydrogens (tertiary/aromatic N) is 6. The summed E-state index contributed by atoms with van der Waals surface area (Å²) in [6.45, 7) is 3.77. The number of aromatic nitrogens is 6. The van der Waals surface area contributed by atoms with Crippen LogP contribution in [0.4, 0.5) is 5.82 Å². The number of imidazole rings is 1. The molecule has 0 aliphatic rings. The zero-order valence-corrected chi connectivity index (χ0v) is 22.7. The van der Waals surface area contributed by atoms with Crippen molar-refractivity contribution >= 4 is 28.1 Å². The minimum absolute atomic E-state index is 0.0689. The molecule has 202 valence electrons. The zero-order valence-electron chi connectivity index (χ0n) is 22.7.